The summed E-state index contributed by atoms with van der Waals surface area (Å²) in [6.45, 7) is 6.83. The number of aromatic nitrogens is 2. The lowest BCUT2D eigenvalue weighted by Crippen LogP contribution is -2.32. The van der Waals surface area contributed by atoms with E-state index in [1.807, 2.05) is 18.7 Å². The van der Waals surface area contributed by atoms with Crippen LogP contribution in [0.25, 0.3) is 0 Å². The molecule has 0 aliphatic carbocycles. The molecule has 2 rings (SSSR count). The van der Waals surface area contributed by atoms with E-state index in [2.05, 4.69) is 9.97 Å². The number of aliphatic carboxylic acids is 1. The SMILES string of the molecule is Cc1ncc(N2CCC(C)(C(=O)O)C2)nc1C. The van der Waals surface area contributed by atoms with E-state index in [9.17, 15) is 9.90 Å². The van der Waals surface area contributed by atoms with Gasteiger partial charge >= 0.3 is 5.97 Å². The van der Waals surface area contributed by atoms with Crippen molar-refractivity contribution >= 4 is 11.8 Å². The zero-order valence-corrected chi connectivity index (χ0v) is 10.4. The monoisotopic (exact) mass is 235 g/mol. The third-order valence-electron chi connectivity index (χ3n) is 3.49. The zero-order chi connectivity index (χ0) is 12.6. The fourth-order valence-electron chi connectivity index (χ4n) is 2.01. The fraction of sp³-hybridized carbons (Fsp3) is 0.583. The topological polar surface area (TPSA) is 66.3 Å². The Morgan fingerprint density at radius 3 is 2.71 bits per heavy atom. The third-order valence-corrected chi connectivity index (χ3v) is 3.49. The van der Waals surface area contributed by atoms with Crippen molar-refractivity contribution in [3.8, 4) is 0 Å². The van der Waals surface area contributed by atoms with Gasteiger partial charge in [0.2, 0.25) is 0 Å². The van der Waals surface area contributed by atoms with Crippen molar-refractivity contribution in [1.29, 1.82) is 0 Å². The molecule has 1 aromatic heterocycles. The number of rotatable bonds is 2. The van der Waals surface area contributed by atoms with Gasteiger partial charge in [-0.1, -0.05) is 0 Å². The van der Waals surface area contributed by atoms with Gasteiger partial charge in [-0.2, -0.15) is 0 Å². The molecule has 0 amide bonds. The van der Waals surface area contributed by atoms with Gasteiger partial charge in [-0.05, 0) is 27.2 Å². The largest absolute Gasteiger partial charge is 0.481 e. The molecule has 1 saturated heterocycles. The number of aryl methyl sites for hydroxylation is 2. The minimum Gasteiger partial charge on any atom is -0.481 e. The third kappa shape index (κ3) is 2.09. The molecule has 0 spiro atoms. The van der Waals surface area contributed by atoms with Gasteiger partial charge in [0, 0.05) is 13.1 Å². The lowest BCUT2D eigenvalue weighted by molar-refractivity contribution is -0.146. The van der Waals surface area contributed by atoms with Crippen LogP contribution in [0.15, 0.2) is 6.20 Å². The second-order valence-electron chi connectivity index (χ2n) is 4.94. The second kappa shape index (κ2) is 3.98. The highest BCUT2D eigenvalue weighted by molar-refractivity contribution is 5.76. The molecule has 0 bridgehead atoms. The molecule has 2 heterocycles. The zero-order valence-electron chi connectivity index (χ0n) is 10.4. The van der Waals surface area contributed by atoms with Crippen LogP contribution in [-0.2, 0) is 4.79 Å². The van der Waals surface area contributed by atoms with Crippen molar-refractivity contribution in [2.24, 2.45) is 5.41 Å². The van der Waals surface area contributed by atoms with Crippen molar-refractivity contribution in [3.05, 3.63) is 17.6 Å². The molecule has 1 aromatic rings. The summed E-state index contributed by atoms with van der Waals surface area (Å²) in [4.78, 5) is 21.9. The number of carbonyl (C=O) groups is 1. The molecular formula is C12H17N3O2. The van der Waals surface area contributed by atoms with Crippen LogP contribution in [0.5, 0.6) is 0 Å². The van der Waals surface area contributed by atoms with E-state index >= 15 is 0 Å². The second-order valence-corrected chi connectivity index (χ2v) is 4.94. The molecule has 1 unspecified atom stereocenters. The Morgan fingerprint density at radius 1 is 1.47 bits per heavy atom. The molecule has 0 saturated carbocycles. The quantitative estimate of drug-likeness (QED) is 0.839. The Morgan fingerprint density at radius 2 is 2.18 bits per heavy atom. The summed E-state index contributed by atoms with van der Waals surface area (Å²) in [7, 11) is 0. The highest BCUT2D eigenvalue weighted by Crippen LogP contribution is 2.32. The minimum atomic E-state index is -0.739. The molecule has 17 heavy (non-hydrogen) atoms. The van der Waals surface area contributed by atoms with Crippen LogP contribution in [0.3, 0.4) is 0 Å². The summed E-state index contributed by atoms with van der Waals surface area (Å²) in [6, 6.07) is 0. The Labute approximate surface area is 100 Å². The number of carboxylic acid groups (broad SMARTS) is 1. The average Bonchev–Trinajstić information content (AvgIpc) is 2.67. The number of hydrogen-bond donors (Lipinski definition) is 1. The summed E-state index contributed by atoms with van der Waals surface area (Å²) >= 11 is 0. The number of anilines is 1. The standard InChI is InChI=1S/C12H17N3O2/c1-8-9(2)14-10(6-13-8)15-5-4-12(3,7-15)11(16)17/h6H,4-5,7H2,1-3H3,(H,16,17). The maximum atomic E-state index is 11.2. The molecule has 0 radical (unpaired) electrons. The van der Waals surface area contributed by atoms with E-state index in [4.69, 9.17) is 0 Å². The summed E-state index contributed by atoms with van der Waals surface area (Å²) in [5.41, 5.74) is 1.14. The van der Waals surface area contributed by atoms with Gasteiger partial charge in [-0.15, -0.1) is 0 Å². The summed E-state index contributed by atoms with van der Waals surface area (Å²) in [5, 5.41) is 9.17. The maximum absolute atomic E-state index is 11.2. The van der Waals surface area contributed by atoms with Gasteiger partial charge in [0.25, 0.3) is 0 Å². The van der Waals surface area contributed by atoms with Gasteiger partial charge in [0.05, 0.1) is 23.0 Å². The highest BCUT2D eigenvalue weighted by Gasteiger charge is 2.40. The first-order valence-electron chi connectivity index (χ1n) is 5.71. The molecule has 0 aromatic carbocycles. The molecule has 5 heteroatoms. The Balaban J connectivity index is 2.21. The molecule has 1 aliphatic rings. The van der Waals surface area contributed by atoms with E-state index in [1.165, 1.54) is 0 Å². The van der Waals surface area contributed by atoms with Gasteiger partial charge in [-0.25, -0.2) is 4.98 Å². The molecule has 1 aliphatic heterocycles. The van der Waals surface area contributed by atoms with Crippen molar-refractivity contribution in [3.63, 3.8) is 0 Å². The molecule has 92 valence electrons. The van der Waals surface area contributed by atoms with Crippen LogP contribution in [-0.4, -0.2) is 34.1 Å². The van der Waals surface area contributed by atoms with E-state index in [1.54, 1.807) is 13.1 Å². The predicted octanol–water partition coefficient (Wildman–Crippen LogP) is 1.39. The van der Waals surface area contributed by atoms with Crippen LogP contribution in [0.2, 0.25) is 0 Å². The minimum absolute atomic E-state index is 0.500. The first-order chi connectivity index (χ1) is 7.92. The van der Waals surface area contributed by atoms with Gasteiger partial charge in [0.15, 0.2) is 0 Å². The molecule has 5 nitrogen and oxygen atoms in total. The van der Waals surface area contributed by atoms with Crippen molar-refractivity contribution in [2.75, 3.05) is 18.0 Å². The molecule has 1 fully saturated rings. The van der Waals surface area contributed by atoms with Gasteiger partial charge in [-0.3, -0.25) is 9.78 Å². The Hall–Kier alpha value is -1.65. The molecule has 1 atom stereocenters. The number of carboxylic acids is 1. The normalized spacial score (nSPS) is 24.1. The summed E-state index contributed by atoms with van der Waals surface area (Å²) in [5.74, 6) is 0.0369. The first kappa shape index (κ1) is 11.8. The predicted molar refractivity (Wildman–Crippen MR) is 64.1 cm³/mol. The average molecular weight is 235 g/mol. The van der Waals surface area contributed by atoms with E-state index in [-0.39, 0.29) is 0 Å². The van der Waals surface area contributed by atoms with Crippen LogP contribution >= 0.6 is 0 Å². The number of nitrogens with zero attached hydrogens (tertiary/aromatic N) is 3. The highest BCUT2D eigenvalue weighted by atomic mass is 16.4. The van der Waals surface area contributed by atoms with E-state index < -0.39 is 11.4 Å². The lowest BCUT2D eigenvalue weighted by atomic mass is 9.90. The lowest BCUT2D eigenvalue weighted by Gasteiger charge is -2.21. The molecule has 1 N–H and O–H groups in total. The maximum Gasteiger partial charge on any atom is 0.311 e. The number of hydrogen-bond acceptors (Lipinski definition) is 4. The summed E-state index contributed by atoms with van der Waals surface area (Å²) in [6.07, 6.45) is 2.37. The first-order valence-corrected chi connectivity index (χ1v) is 5.71. The van der Waals surface area contributed by atoms with Gasteiger partial charge in [0.1, 0.15) is 5.82 Å². The van der Waals surface area contributed by atoms with E-state index in [0.29, 0.717) is 13.0 Å². The van der Waals surface area contributed by atoms with Crippen LogP contribution in [0, 0.1) is 19.3 Å². The van der Waals surface area contributed by atoms with Crippen molar-refractivity contribution < 1.29 is 9.90 Å². The van der Waals surface area contributed by atoms with Crippen molar-refractivity contribution in [1.82, 2.24) is 9.97 Å². The fourth-order valence-corrected chi connectivity index (χ4v) is 2.01. The Kier molecular flexibility index (Phi) is 2.77. The Bertz CT molecular complexity index is 461. The van der Waals surface area contributed by atoms with Crippen LogP contribution in [0.1, 0.15) is 24.7 Å². The van der Waals surface area contributed by atoms with Crippen LogP contribution in [0.4, 0.5) is 5.82 Å². The van der Waals surface area contributed by atoms with Crippen LogP contribution < -0.4 is 4.90 Å². The van der Waals surface area contributed by atoms with E-state index in [0.717, 1.165) is 23.8 Å². The summed E-state index contributed by atoms with van der Waals surface area (Å²) < 4.78 is 0. The smallest absolute Gasteiger partial charge is 0.311 e. The van der Waals surface area contributed by atoms with Crippen molar-refractivity contribution in [2.45, 2.75) is 27.2 Å². The molecular weight excluding hydrogens is 218 g/mol. The van der Waals surface area contributed by atoms with Gasteiger partial charge < -0.3 is 10.0 Å².